The number of rotatable bonds is 11. The Morgan fingerprint density at radius 1 is 0.758 bits per heavy atom. The van der Waals surface area contributed by atoms with Crippen LogP contribution in [0.1, 0.15) is 61.0 Å². The van der Waals surface area contributed by atoms with E-state index < -0.39 is 5.97 Å². The lowest BCUT2D eigenvalue weighted by atomic mass is 10.00. The second kappa shape index (κ2) is 12.0. The fourth-order valence-corrected chi connectivity index (χ4v) is 4.22. The van der Waals surface area contributed by atoms with Crippen molar-refractivity contribution in [1.29, 1.82) is 0 Å². The molecule has 0 saturated heterocycles. The van der Waals surface area contributed by atoms with Crippen LogP contribution in [0.5, 0.6) is 0 Å². The van der Waals surface area contributed by atoms with Crippen LogP contribution >= 0.6 is 0 Å². The molecule has 1 amide bonds. The van der Waals surface area contributed by atoms with Crippen molar-refractivity contribution >= 4 is 11.9 Å². The highest BCUT2D eigenvalue weighted by Crippen LogP contribution is 2.23. The Bertz CT molecular complexity index is 1020. The van der Waals surface area contributed by atoms with Gasteiger partial charge in [0.2, 0.25) is 5.91 Å². The van der Waals surface area contributed by atoms with E-state index in [1.165, 1.54) is 0 Å². The third-order valence-electron chi connectivity index (χ3n) is 5.98. The summed E-state index contributed by atoms with van der Waals surface area (Å²) in [5, 5.41) is 9.09. The predicted molar refractivity (Wildman–Crippen MR) is 133 cm³/mol. The second-order valence-corrected chi connectivity index (χ2v) is 8.49. The van der Waals surface area contributed by atoms with Gasteiger partial charge in [0.25, 0.3) is 0 Å². The van der Waals surface area contributed by atoms with Crippen molar-refractivity contribution in [1.82, 2.24) is 4.90 Å². The number of nitrogens with zero attached hydrogens (tertiary/aromatic N) is 1. The van der Waals surface area contributed by atoms with E-state index in [1.54, 1.807) is 12.1 Å². The molecular weight excluding hydrogens is 410 g/mol. The molecule has 0 aliphatic carbocycles. The van der Waals surface area contributed by atoms with E-state index in [9.17, 15) is 9.59 Å². The first-order valence-electron chi connectivity index (χ1n) is 11.8. The van der Waals surface area contributed by atoms with E-state index in [1.807, 2.05) is 54.6 Å². The zero-order valence-corrected chi connectivity index (χ0v) is 19.5. The van der Waals surface area contributed by atoms with Crippen LogP contribution < -0.4 is 0 Å². The number of hydrogen-bond acceptors (Lipinski definition) is 2. The summed E-state index contributed by atoms with van der Waals surface area (Å²) in [5.74, 6) is -0.757. The lowest BCUT2D eigenvalue weighted by molar-refractivity contribution is -0.133. The average molecular weight is 444 g/mol. The van der Waals surface area contributed by atoms with Crippen LogP contribution in [0.4, 0.5) is 0 Å². The molecule has 0 heterocycles. The smallest absolute Gasteiger partial charge is 0.335 e. The first-order valence-corrected chi connectivity index (χ1v) is 11.8. The molecule has 33 heavy (non-hydrogen) atoms. The summed E-state index contributed by atoms with van der Waals surface area (Å²) in [7, 11) is 0. The molecule has 0 atom stereocenters. The van der Waals surface area contributed by atoms with Gasteiger partial charge in [-0.2, -0.15) is 0 Å². The number of hydrogen-bond donors (Lipinski definition) is 1. The monoisotopic (exact) mass is 443 g/mol. The Morgan fingerprint density at radius 3 is 1.82 bits per heavy atom. The molecule has 0 spiro atoms. The van der Waals surface area contributed by atoms with Crippen molar-refractivity contribution in [3.8, 4) is 11.1 Å². The lowest BCUT2D eigenvalue weighted by Crippen LogP contribution is -2.40. The maximum absolute atomic E-state index is 13.4. The molecule has 0 radical (unpaired) electrons. The van der Waals surface area contributed by atoms with Crippen LogP contribution in [0.15, 0.2) is 78.9 Å². The Kier molecular flexibility index (Phi) is 8.82. The Hall–Kier alpha value is -3.40. The molecule has 3 aromatic carbocycles. The summed E-state index contributed by atoms with van der Waals surface area (Å²) >= 11 is 0. The fraction of sp³-hybridized carbons (Fsp3) is 0.310. The van der Waals surface area contributed by atoms with Gasteiger partial charge < -0.3 is 10.0 Å². The maximum Gasteiger partial charge on any atom is 0.335 e. The number of aromatic carboxylic acids is 1. The number of carboxylic acids is 1. The summed E-state index contributed by atoms with van der Waals surface area (Å²) in [6, 6.07) is 25.3. The van der Waals surface area contributed by atoms with Gasteiger partial charge in [0.15, 0.2) is 0 Å². The van der Waals surface area contributed by atoms with Gasteiger partial charge in [0, 0.05) is 12.6 Å². The minimum atomic E-state index is -0.925. The Balaban J connectivity index is 1.79. The zero-order valence-electron chi connectivity index (χ0n) is 19.5. The van der Waals surface area contributed by atoms with Crippen LogP contribution in [-0.2, 0) is 17.8 Å². The summed E-state index contributed by atoms with van der Waals surface area (Å²) in [6.07, 6.45) is 4.51. The largest absolute Gasteiger partial charge is 0.478 e. The third kappa shape index (κ3) is 6.79. The van der Waals surface area contributed by atoms with Crippen molar-refractivity contribution < 1.29 is 14.7 Å². The van der Waals surface area contributed by atoms with Crippen molar-refractivity contribution in [3.05, 3.63) is 95.6 Å². The molecule has 0 fully saturated rings. The SMILES string of the molecule is CCCC(CCC)N(Cc1ccc(-c2ccc(C(=O)O)cc2)cc1)C(=O)Cc1ccccc1. The van der Waals surface area contributed by atoms with Crippen LogP contribution in [0.25, 0.3) is 11.1 Å². The first-order chi connectivity index (χ1) is 16.0. The van der Waals surface area contributed by atoms with Gasteiger partial charge in [-0.05, 0) is 47.2 Å². The van der Waals surface area contributed by atoms with Crippen molar-refractivity contribution in [2.24, 2.45) is 0 Å². The van der Waals surface area contributed by atoms with Gasteiger partial charge in [0.05, 0.1) is 12.0 Å². The highest BCUT2D eigenvalue weighted by Gasteiger charge is 2.23. The molecule has 0 saturated carbocycles. The van der Waals surface area contributed by atoms with Crippen LogP contribution in [-0.4, -0.2) is 27.9 Å². The predicted octanol–water partition coefficient (Wildman–Crippen LogP) is 6.59. The van der Waals surface area contributed by atoms with E-state index in [0.717, 1.165) is 47.9 Å². The number of carbonyl (C=O) groups is 2. The minimum Gasteiger partial charge on any atom is -0.478 e. The van der Waals surface area contributed by atoms with Gasteiger partial charge in [-0.15, -0.1) is 0 Å². The normalized spacial score (nSPS) is 10.9. The fourth-order valence-electron chi connectivity index (χ4n) is 4.22. The van der Waals surface area contributed by atoms with Gasteiger partial charge in [-0.1, -0.05) is 93.4 Å². The van der Waals surface area contributed by atoms with E-state index in [0.29, 0.717) is 13.0 Å². The number of benzene rings is 3. The molecule has 0 unspecified atom stereocenters. The maximum atomic E-state index is 13.4. The van der Waals surface area contributed by atoms with Gasteiger partial charge >= 0.3 is 5.97 Å². The van der Waals surface area contributed by atoms with Crippen molar-refractivity contribution in [2.75, 3.05) is 0 Å². The standard InChI is InChI=1S/C29H33NO3/c1-3-8-27(9-4-2)30(28(31)20-22-10-6-5-7-11-22)21-23-12-14-24(15-13-23)25-16-18-26(19-17-25)29(32)33/h5-7,10-19,27H,3-4,8-9,20-21H2,1-2H3,(H,32,33). The molecule has 4 nitrogen and oxygen atoms in total. The van der Waals surface area contributed by atoms with Crippen molar-refractivity contribution in [2.45, 2.75) is 58.5 Å². The Morgan fingerprint density at radius 2 is 1.30 bits per heavy atom. The second-order valence-electron chi connectivity index (χ2n) is 8.49. The van der Waals surface area contributed by atoms with Crippen molar-refractivity contribution in [3.63, 3.8) is 0 Å². The van der Waals surface area contributed by atoms with Crippen LogP contribution in [0.3, 0.4) is 0 Å². The van der Waals surface area contributed by atoms with Gasteiger partial charge in [-0.25, -0.2) is 4.79 Å². The van der Waals surface area contributed by atoms with Crippen LogP contribution in [0.2, 0.25) is 0 Å². The molecule has 0 aliphatic heterocycles. The molecule has 3 aromatic rings. The van der Waals surface area contributed by atoms with E-state index in [4.69, 9.17) is 5.11 Å². The molecular formula is C29H33NO3. The lowest BCUT2D eigenvalue weighted by Gasteiger charge is -2.32. The summed E-state index contributed by atoms with van der Waals surface area (Å²) < 4.78 is 0. The molecule has 1 N–H and O–H groups in total. The summed E-state index contributed by atoms with van der Waals surface area (Å²) in [5.41, 5.74) is 4.41. The molecule has 4 heteroatoms. The molecule has 0 bridgehead atoms. The minimum absolute atomic E-state index is 0.168. The number of carboxylic acid groups (broad SMARTS) is 1. The van der Waals surface area contributed by atoms with E-state index in [-0.39, 0.29) is 17.5 Å². The summed E-state index contributed by atoms with van der Waals surface area (Å²) in [4.78, 5) is 26.5. The van der Waals surface area contributed by atoms with Gasteiger partial charge in [0.1, 0.15) is 0 Å². The molecule has 0 aromatic heterocycles. The number of amides is 1. The third-order valence-corrected chi connectivity index (χ3v) is 5.98. The highest BCUT2D eigenvalue weighted by molar-refractivity contribution is 5.88. The number of carbonyl (C=O) groups excluding carboxylic acids is 1. The van der Waals surface area contributed by atoms with E-state index >= 15 is 0 Å². The molecule has 172 valence electrons. The quantitative estimate of drug-likeness (QED) is 0.364. The zero-order chi connectivity index (χ0) is 23.6. The Labute approximate surface area is 196 Å². The highest BCUT2D eigenvalue weighted by atomic mass is 16.4. The molecule has 0 aliphatic rings. The topological polar surface area (TPSA) is 57.6 Å². The average Bonchev–Trinajstić information content (AvgIpc) is 2.83. The summed E-state index contributed by atoms with van der Waals surface area (Å²) in [6.45, 7) is 4.94. The van der Waals surface area contributed by atoms with E-state index in [2.05, 4.69) is 30.9 Å². The van der Waals surface area contributed by atoms with Crippen LogP contribution in [0, 0.1) is 0 Å². The van der Waals surface area contributed by atoms with Gasteiger partial charge in [-0.3, -0.25) is 4.79 Å². The molecule has 3 rings (SSSR count). The first kappa shape index (κ1) is 24.2.